The molecule has 1 amide bonds. The summed E-state index contributed by atoms with van der Waals surface area (Å²) in [5, 5.41) is 13.5. The molecule has 0 aliphatic rings. The van der Waals surface area contributed by atoms with Crippen LogP contribution in [0, 0.1) is 28.7 Å². The second kappa shape index (κ2) is 5.93. The molecule has 9 heteroatoms. The number of nitro benzene ring substituents is 1. The van der Waals surface area contributed by atoms with Gasteiger partial charge in [0, 0.05) is 23.3 Å². The number of aromatic nitrogens is 1. The Bertz CT molecular complexity index is 987. The van der Waals surface area contributed by atoms with E-state index in [-0.39, 0.29) is 32.2 Å². The Hall–Kier alpha value is -2.94. The molecule has 0 atom stereocenters. The van der Waals surface area contributed by atoms with E-state index in [1.807, 2.05) is 0 Å². The second-order valence-electron chi connectivity index (χ2n) is 4.91. The summed E-state index contributed by atoms with van der Waals surface area (Å²) >= 11 is 0.908. The summed E-state index contributed by atoms with van der Waals surface area (Å²) in [5.74, 6) is -2.18. The van der Waals surface area contributed by atoms with Crippen LogP contribution >= 0.6 is 11.3 Å². The fourth-order valence-electron chi connectivity index (χ4n) is 2.24. The van der Waals surface area contributed by atoms with Gasteiger partial charge in [0.2, 0.25) is 0 Å². The largest absolute Gasteiger partial charge is 0.298 e. The van der Waals surface area contributed by atoms with Gasteiger partial charge in [0.05, 0.1) is 9.62 Å². The third kappa shape index (κ3) is 2.81. The summed E-state index contributed by atoms with van der Waals surface area (Å²) in [6.07, 6.45) is 0. The number of nitro groups is 1. The van der Waals surface area contributed by atoms with Gasteiger partial charge in [-0.3, -0.25) is 20.2 Å². The lowest BCUT2D eigenvalue weighted by Gasteiger charge is -2.05. The van der Waals surface area contributed by atoms with Crippen molar-refractivity contribution in [3.63, 3.8) is 0 Å². The first-order valence-electron chi connectivity index (χ1n) is 6.68. The van der Waals surface area contributed by atoms with E-state index in [1.165, 1.54) is 25.1 Å². The van der Waals surface area contributed by atoms with Crippen LogP contribution in [-0.4, -0.2) is 15.8 Å². The van der Waals surface area contributed by atoms with Gasteiger partial charge in [-0.25, -0.2) is 13.8 Å². The van der Waals surface area contributed by atoms with Crippen molar-refractivity contribution in [1.82, 2.24) is 4.98 Å². The van der Waals surface area contributed by atoms with Gasteiger partial charge >= 0.3 is 0 Å². The van der Waals surface area contributed by atoms with Crippen LogP contribution in [0.2, 0.25) is 0 Å². The molecule has 3 rings (SSSR count). The first kappa shape index (κ1) is 15.9. The van der Waals surface area contributed by atoms with Gasteiger partial charge in [0.1, 0.15) is 11.3 Å². The summed E-state index contributed by atoms with van der Waals surface area (Å²) in [6.45, 7) is 1.46. The Morgan fingerprint density at radius 1 is 1.33 bits per heavy atom. The molecule has 1 N–H and O–H groups in total. The van der Waals surface area contributed by atoms with Crippen molar-refractivity contribution in [3.05, 3.63) is 63.2 Å². The number of carbonyl (C=O) groups is 1. The van der Waals surface area contributed by atoms with Crippen LogP contribution in [0.15, 0.2) is 30.3 Å². The summed E-state index contributed by atoms with van der Waals surface area (Å²) in [6, 6.07) is 5.95. The van der Waals surface area contributed by atoms with Gasteiger partial charge < -0.3 is 0 Å². The first-order chi connectivity index (χ1) is 11.4. The van der Waals surface area contributed by atoms with Crippen LogP contribution in [0.25, 0.3) is 10.2 Å². The minimum absolute atomic E-state index is 0.0486. The molecule has 0 unspecified atom stereocenters. The lowest BCUT2D eigenvalue weighted by atomic mass is 10.1. The number of hydrogen-bond donors (Lipinski definition) is 1. The molecule has 0 bridgehead atoms. The quantitative estimate of drug-likeness (QED) is 0.571. The van der Waals surface area contributed by atoms with E-state index in [2.05, 4.69) is 10.3 Å². The number of halogens is 2. The molecule has 0 spiro atoms. The molecule has 122 valence electrons. The number of amides is 1. The van der Waals surface area contributed by atoms with E-state index >= 15 is 0 Å². The van der Waals surface area contributed by atoms with Gasteiger partial charge in [-0.15, -0.1) is 0 Å². The van der Waals surface area contributed by atoms with Crippen LogP contribution in [0.5, 0.6) is 0 Å². The molecule has 0 saturated carbocycles. The minimum atomic E-state index is -0.826. The van der Waals surface area contributed by atoms with Crippen molar-refractivity contribution in [1.29, 1.82) is 0 Å². The standard InChI is InChI=1S/C15H9F2N3O3S/c1-7-9(3-2-4-11(7)20(22)23)14(21)19-15-18-13-10(17)5-8(16)6-12(13)24-15/h2-6H,1H3,(H,18,19,21). The fourth-order valence-corrected chi connectivity index (χ4v) is 3.14. The van der Waals surface area contributed by atoms with E-state index in [0.29, 0.717) is 6.07 Å². The maximum Gasteiger partial charge on any atom is 0.273 e. The number of nitrogens with one attached hydrogen (secondary N) is 1. The number of hydrogen-bond acceptors (Lipinski definition) is 5. The summed E-state index contributed by atoms with van der Waals surface area (Å²) in [4.78, 5) is 26.6. The highest BCUT2D eigenvalue weighted by molar-refractivity contribution is 7.22. The molecule has 1 heterocycles. The number of benzene rings is 2. The molecule has 3 aromatic rings. The molecular formula is C15H9F2N3O3S. The van der Waals surface area contributed by atoms with Gasteiger partial charge in [-0.1, -0.05) is 17.4 Å². The van der Waals surface area contributed by atoms with Crippen molar-refractivity contribution < 1.29 is 18.5 Å². The van der Waals surface area contributed by atoms with Crippen molar-refractivity contribution in [2.24, 2.45) is 0 Å². The number of carbonyl (C=O) groups excluding carboxylic acids is 1. The van der Waals surface area contributed by atoms with Crippen molar-refractivity contribution in [2.45, 2.75) is 6.92 Å². The zero-order chi connectivity index (χ0) is 17.4. The maximum atomic E-state index is 13.6. The van der Waals surface area contributed by atoms with E-state index in [0.717, 1.165) is 17.4 Å². The number of fused-ring (bicyclic) bond motifs is 1. The van der Waals surface area contributed by atoms with Crippen LogP contribution in [0.3, 0.4) is 0 Å². The number of anilines is 1. The molecule has 24 heavy (non-hydrogen) atoms. The fraction of sp³-hybridized carbons (Fsp3) is 0.0667. The number of nitrogens with zero attached hydrogens (tertiary/aromatic N) is 2. The monoisotopic (exact) mass is 349 g/mol. The van der Waals surface area contributed by atoms with E-state index in [1.54, 1.807) is 0 Å². The predicted molar refractivity (Wildman–Crippen MR) is 85.3 cm³/mol. The molecule has 0 fully saturated rings. The SMILES string of the molecule is Cc1c(C(=O)Nc2nc3c(F)cc(F)cc3s2)cccc1[N+](=O)[O-]. The smallest absolute Gasteiger partial charge is 0.273 e. The van der Waals surface area contributed by atoms with Crippen LogP contribution in [0.1, 0.15) is 15.9 Å². The zero-order valence-electron chi connectivity index (χ0n) is 12.2. The highest BCUT2D eigenvalue weighted by Gasteiger charge is 2.19. The van der Waals surface area contributed by atoms with Gasteiger partial charge in [0.15, 0.2) is 10.9 Å². The lowest BCUT2D eigenvalue weighted by molar-refractivity contribution is -0.385. The minimum Gasteiger partial charge on any atom is -0.298 e. The summed E-state index contributed by atoms with van der Waals surface area (Å²) < 4.78 is 27.1. The third-order valence-corrected chi connectivity index (χ3v) is 4.30. The highest BCUT2D eigenvalue weighted by Crippen LogP contribution is 2.29. The van der Waals surface area contributed by atoms with Gasteiger partial charge in [0.25, 0.3) is 11.6 Å². The van der Waals surface area contributed by atoms with Crippen LogP contribution in [-0.2, 0) is 0 Å². The van der Waals surface area contributed by atoms with Gasteiger partial charge in [-0.05, 0) is 19.1 Å². The van der Waals surface area contributed by atoms with Crippen molar-refractivity contribution in [3.8, 4) is 0 Å². The molecule has 1 aromatic heterocycles. The number of thiazole rings is 1. The molecule has 0 aliphatic heterocycles. The summed E-state index contributed by atoms with van der Waals surface area (Å²) in [5.41, 5.74) is 0.0842. The predicted octanol–water partition coefficient (Wildman–Crippen LogP) is 4.04. The second-order valence-corrected chi connectivity index (χ2v) is 5.94. The number of rotatable bonds is 3. The lowest BCUT2D eigenvalue weighted by Crippen LogP contribution is -2.13. The normalized spacial score (nSPS) is 10.8. The Morgan fingerprint density at radius 3 is 2.79 bits per heavy atom. The maximum absolute atomic E-state index is 13.6. The average Bonchev–Trinajstić information content (AvgIpc) is 2.89. The molecule has 0 aliphatic carbocycles. The Labute approximate surface area is 137 Å². The van der Waals surface area contributed by atoms with Crippen molar-refractivity contribution >= 4 is 38.3 Å². The Kier molecular flexibility index (Phi) is 3.94. The van der Waals surface area contributed by atoms with Crippen LogP contribution in [0.4, 0.5) is 19.6 Å². The molecule has 2 aromatic carbocycles. The van der Waals surface area contributed by atoms with Crippen LogP contribution < -0.4 is 5.32 Å². The topological polar surface area (TPSA) is 85.1 Å². The van der Waals surface area contributed by atoms with E-state index in [4.69, 9.17) is 0 Å². The average molecular weight is 349 g/mol. The Balaban J connectivity index is 1.94. The first-order valence-corrected chi connectivity index (χ1v) is 7.49. The molecule has 0 radical (unpaired) electrons. The van der Waals surface area contributed by atoms with E-state index < -0.39 is 22.5 Å². The third-order valence-electron chi connectivity index (χ3n) is 3.38. The molecule has 6 nitrogen and oxygen atoms in total. The zero-order valence-corrected chi connectivity index (χ0v) is 13.0. The van der Waals surface area contributed by atoms with Gasteiger partial charge in [-0.2, -0.15) is 0 Å². The summed E-state index contributed by atoms with van der Waals surface area (Å²) in [7, 11) is 0. The Morgan fingerprint density at radius 2 is 2.08 bits per heavy atom. The molecule has 0 saturated heterocycles. The van der Waals surface area contributed by atoms with Crippen molar-refractivity contribution in [2.75, 3.05) is 5.32 Å². The van der Waals surface area contributed by atoms with E-state index in [9.17, 15) is 23.7 Å². The highest BCUT2D eigenvalue weighted by atomic mass is 32.1. The molecular weight excluding hydrogens is 340 g/mol.